The molecule has 0 bridgehead atoms. The molecule has 25 heavy (non-hydrogen) atoms. The molecule has 0 saturated heterocycles. The van der Waals surface area contributed by atoms with E-state index in [9.17, 15) is 4.79 Å². The topological polar surface area (TPSA) is 65.4 Å². The molecule has 0 aliphatic heterocycles. The molecule has 3 aromatic rings. The van der Waals surface area contributed by atoms with Crippen molar-refractivity contribution in [3.05, 3.63) is 48.3 Å². The lowest BCUT2D eigenvalue weighted by Gasteiger charge is -2.10. The van der Waals surface area contributed by atoms with E-state index in [-0.39, 0.29) is 12.3 Å². The van der Waals surface area contributed by atoms with Gasteiger partial charge >= 0.3 is 0 Å². The Labute approximate surface area is 146 Å². The van der Waals surface area contributed by atoms with Gasteiger partial charge in [0.05, 0.1) is 20.6 Å². The van der Waals surface area contributed by atoms with Crippen LogP contribution in [0.15, 0.2) is 42.7 Å². The van der Waals surface area contributed by atoms with Crippen LogP contribution in [0.5, 0.6) is 11.5 Å². The third kappa shape index (κ3) is 3.42. The van der Waals surface area contributed by atoms with Crippen molar-refractivity contribution >= 4 is 22.6 Å². The van der Waals surface area contributed by atoms with Crippen LogP contribution in [0.3, 0.4) is 0 Å². The maximum atomic E-state index is 12.5. The van der Waals surface area contributed by atoms with Crippen LogP contribution in [-0.2, 0) is 17.8 Å². The lowest BCUT2D eigenvalue weighted by atomic mass is 10.1. The van der Waals surface area contributed by atoms with Crippen molar-refractivity contribution in [3.63, 3.8) is 0 Å². The first-order chi connectivity index (χ1) is 12.2. The molecule has 0 saturated carbocycles. The largest absolute Gasteiger partial charge is 0.493 e. The molecule has 0 atom stereocenters. The Morgan fingerprint density at radius 2 is 2.00 bits per heavy atom. The summed E-state index contributed by atoms with van der Waals surface area (Å²) in [5.74, 6) is 1.11. The van der Waals surface area contributed by atoms with Crippen molar-refractivity contribution < 1.29 is 14.3 Å². The van der Waals surface area contributed by atoms with E-state index in [1.807, 2.05) is 22.9 Å². The molecule has 0 aliphatic carbocycles. The van der Waals surface area contributed by atoms with Crippen molar-refractivity contribution in [2.45, 2.75) is 19.9 Å². The van der Waals surface area contributed by atoms with E-state index in [4.69, 9.17) is 9.47 Å². The van der Waals surface area contributed by atoms with Crippen molar-refractivity contribution in [2.75, 3.05) is 19.5 Å². The number of rotatable bonds is 6. The molecule has 0 unspecified atom stereocenters. The Kier molecular flexibility index (Phi) is 4.88. The number of anilines is 1. The number of benzene rings is 1. The maximum Gasteiger partial charge on any atom is 0.228 e. The van der Waals surface area contributed by atoms with Gasteiger partial charge in [-0.05, 0) is 36.8 Å². The van der Waals surface area contributed by atoms with Gasteiger partial charge in [0.15, 0.2) is 11.5 Å². The van der Waals surface area contributed by atoms with Gasteiger partial charge in [0.25, 0.3) is 0 Å². The van der Waals surface area contributed by atoms with E-state index >= 15 is 0 Å². The summed E-state index contributed by atoms with van der Waals surface area (Å²) in [5, 5.41) is 3.91. The number of carbonyl (C=O) groups excluding carboxylic acids is 1. The van der Waals surface area contributed by atoms with E-state index < -0.39 is 0 Å². The Balaban J connectivity index is 1.79. The number of amides is 1. The quantitative estimate of drug-likeness (QED) is 0.749. The first kappa shape index (κ1) is 16.8. The first-order valence-electron chi connectivity index (χ1n) is 8.10. The van der Waals surface area contributed by atoms with Crippen LogP contribution in [0.4, 0.5) is 5.69 Å². The highest BCUT2D eigenvalue weighted by Gasteiger charge is 2.13. The summed E-state index contributed by atoms with van der Waals surface area (Å²) in [6.07, 6.45) is 4.04. The minimum atomic E-state index is -0.0915. The summed E-state index contributed by atoms with van der Waals surface area (Å²) in [6.45, 7) is 2.87. The Hall–Kier alpha value is -3.02. The summed E-state index contributed by atoms with van der Waals surface area (Å²) < 4.78 is 12.5. The molecule has 1 aromatic carbocycles. The van der Waals surface area contributed by atoms with Gasteiger partial charge in [-0.15, -0.1) is 0 Å². The van der Waals surface area contributed by atoms with Gasteiger partial charge in [-0.2, -0.15) is 0 Å². The molecule has 0 radical (unpaired) electrons. The van der Waals surface area contributed by atoms with E-state index in [2.05, 4.69) is 17.2 Å². The van der Waals surface area contributed by atoms with Crippen LogP contribution in [0.1, 0.15) is 12.5 Å². The molecular formula is C19H21N3O3. The fourth-order valence-electron chi connectivity index (χ4n) is 2.87. The van der Waals surface area contributed by atoms with Gasteiger partial charge in [0, 0.05) is 36.1 Å². The number of hydrogen-bond acceptors (Lipinski definition) is 4. The summed E-state index contributed by atoms with van der Waals surface area (Å²) in [7, 11) is 3.14. The molecule has 1 amide bonds. The second-order valence-electron chi connectivity index (χ2n) is 5.61. The highest BCUT2D eigenvalue weighted by atomic mass is 16.5. The summed E-state index contributed by atoms with van der Waals surface area (Å²) in [4.78, 5) is 16.9. The normalized spacial score (nSPS) is 10.7. The number of aromatic nitrogens is 2. The van der Waals surface area contributed by atoms with Crippen LogP contribution in [0.2, 0.25) is 0 Å². The average Bonchev–Trinajstić information content (AvgIpc) is 2.99. The van der Waals surface area contributed by atoms with Gasteiger partial charge < -0.3 is 19.4 Å². The van der Waals surface area contributed by atoms with Crippen LogP contribution in [-0.4, -0.2) is 29.7 Å². The fraction of sp³-hybridized carbons (Fsp3) is 0.263. The molecule has 1 N–H and O–H groups in total. The van der Waals surface area contributed by atoms with Crippen molar-refractivity contribution in [1.82, 2.24) is 9.55 Å². The summed E-state index contributed by atoms with van der Waals surface area (Å²) in [5.41, 5.74) is 2.53. The second kappa shape index (κ2) is 7.25. The van der Waals surface area contributed by atoms with Crippen LogP contribution < -0.4 is 14.8 Å². The Morgan fingerprint density at radius 1 is 1.20 bits per heavy atom. The smallest absolute Gasteiger partial charge is 0.228 e. The molecule has 3 rings (SSSR count). The number of nitrogens with zero attached hydrogens (tertiary/aromatic N) is 2. The van der Waals surface area contributed by atoms with Crippen molar-refractivity contribution in [2.24, 2.45) is 0 Å². The van der Waals surface area contributed by atoms with Crippen molar-refractivity contribution in [1.29, 1.82) is 0 Å². The van der Waals surface area contributed by atoms with E-state index in [0.717, 1.165) is 23.1 Å². The molecular weight excluding hydrogens is 318 g/mol. The Morgan fingerprint density at radius 3 is 2.72 bits per heavy atom. The monoisotopic (exact) mass is 339 g/mol. The van der Waals surface area contributed by atoms with E-state index in [0.29, 0.717) is 17.2 Å². The number of ether oxygens (including phenoxy) is 2. The standard InChI is InChI=1S/C19H21N3O3/c1-4-22-12-13(15-6-5-9-20-19(15)22)10-18(23)21-14-7-8-16(24-2)17(11-14)25-3/h5-9,11-12H,4,10H2,1-3H3,(H,21,23). The second-order valence-corrected chi connectivity index (χ2v) is 5.61. The fourth-order valence-corrected chi connectivity index (χ4v) is 2.87. The maximum absolute atomic E-state index is 12.5. The minimum Gasteiger partial charge on any atom is -0.493 e. The predicted octanol–water partition coefficient (Wildman–Crippen LogP) is 3.25. The number of pyridine rings is 1. The van der Waals surface area contributed by atoms with E-state index in [1.54, 1.807) is 38.6 Å². The highest BCUT2D eigenvalue weighted by molar-refractivity contribution is 5.95. The van der Waals surface area contributed by atoms with Gasteiger partial charge in [-0.1, -0.05) is 0 Å². The number of methoxy groups -OCH3 is 2. The SMILES string of the molecule is CCn1cc(CC(=O)Nc2ccc(OC)c(OC)c2)c2cccnc21. The molecule has 6 heteroatoms. The van der Waals surface area contributed by atoms with Gasteiger partial charge in [0.2, 0.25) is 5.91 Å². The number of hydrogen-bond donors (Lipinski definition) is 1. The molecule has 2 heterocycles. The third-order valence-electron chi connectivity index (χ3n) is 4.08. The minimum absolute atomic E-state index is 0.0915. The Bertz CT molecular complexity index is 902. The number of carbonyl (C=O) groups is 1. The average molecular weight is 339 g/mol. The first-order valence-corrected chi connectivity index (χ1v) is 8.10. The number of nitrogens with one attached hydrogen (secondary N) is 1. The van der Waals surface area contributed by atoms with E-state index in [1.165, 1.54) is 0 Å². The van der Waals surface area contributed by atoms with Gasteiger partial charge in [-0.25, -0.2) is 4.98 Å². The third-order valence-corrected chi connectivity index (χ3v) is 4.08. The number of aryl methyl sites for hydroxylation is 1. The lowest BCUT2D eigenvalue weighted by Crippen LogP contribution is -2.14. The zero-order valence-corrected chi connectivity index (χ0v) is 14.6. The van der Waals surface area contributed by atoms with Crippen LogP contribution >= 0.6 is 0 Å². The zero-order chi connectivity index (χ0) is 17.8. The predicted molar refractivity (Wildman–Crippen MR) is 97.3 cm³/mol. The summed E-state index contributed by atoms with van der Waals surface area (Å²) in [6, 6.07) is 9.18. The van der Waals surface area contributed by atoms with Gasteiger partial charge in [-0.3, -0.25) is 4.79 Å². The molecule has 0 fully saturated rings. The molecule has 6 nitrogen and oxygen atoms in total. The number of fused-ring (bicyclic) bond motifs is 1. The van der Waals surface area contributed by atoms with Crippen LogP contribution in [0, 0.1) is 0 Å². The molecule has 0 spiro atoms. The van der Waals surface area contributed by atoms with Crippen molar-refractivity contribution in [3.8, 4) is 11.5 Å². The highest BCUT2D eigenvalue weighted by Crippen LogP contribution is 2.30. The molecule has 2 aromatic heterocycles. The van der Waals surface area contributed by atoms with Crippen LogP contribution in [0.25, 0.3) is 11.0 Å². The zero-order valence-electron chi connectivity index (χ0n) is 14.6. The van der Waals surface area contributed by atoms with Gasteiger partial charge in [0.1, 0.15) is 5.65 Å². The lowest BCUT2D eigenvalue weighted by molar-refractivity contribution is -0.115. The molecule has 130 valence electrons. The summed E-state index contributed by atoms with van der Waals surface area (Å²) >= 11 is 0. The molecule has 0 aliphatic rings.